The second kappa shape index (κ2) is 29.8. The summed E-state index contributed by atoms with van der Waals surface area (Å²) < 4.78 is 15.1. The van der Waals surface area contributed by atoms with Crippen molar-refractivity contribution in [3.05, 3.63) is 53.9 Å². The van der Waals surface area contributed by atoms with E-state index in [0.717, 1.165) is 55.2 Å². The highest BCUT2D eigenvalue weighted by atomic mass is 16.5. The van der Waals surface area contributed by atoms with Crippen molar-refractivity contribution >= 4 is 5.91 Å². The largest absolute Gasteiger partial charge is 0.493 e. The number of aromatic nitrogens is 1. The third-order valence-electron chi connectivity index (χ3n) is 10.7. The fourth-order valence-corrected chi connectivity index (χ4v) is 7.27. The minimum absolute atomic E-state index is 0.0372. The highest BCUT2D eigenvalue weighted by Gasteiger charge is 2.24. The Hall–Kier alpha value is -2.56. The van der Waals surface area contributed by atoms with Gasteiger partial charge in [0.1, 0.15) is 24.6 Å². The van der Waals surface area contributed by atoms with E-state index in [4.69, 9.17) is 9.47 Å². The molecule has 2 aromatic rings. The van der Waals surface area contributed by atoms with Gasteiger partial charge in [0.25, 0.3) is 5.91 Å². The zero-order valence-electron chi connectivity index (χ0n) is 35.6. The van der Waals surface area contributed by atoms with Crippen LogP contribution in [0.5, 0.6) is 11.5 Å². The number of hydrogen-bond donors (Lipinski definition) is 1. The van der Waals surface area contributed by atoms with Gasteiger partial charge < -0.3 is 14.8 Å². The summed E-state index contributed by atoms with van der Waals surface area (Å²) in [7, 11) is 0. The van der Waals surface area contributed by atoms with Gasteiger partial charge in [0.15, 0.2) is 12.3 Å². The van der Waals surface area contributed by atoms with Gasteiger partial charge in [-0.1, -0.05) is 182 Å². The number of aryl methyl sites for hydroxylation is 1. The van der Waals surface area contributed by atoms with Crippen molar-refractivity contribution < 1.29 is 18.8 Å². The molecule has 1 amide bonds. The summed E-state index contributed by atoms with van der Waals surface area (Å²) >= 11 is 0. The highest BCUT2D eigenvalue weighted by Crippen LogP contribution is 2.35. The molecule has 1 aromatic carbocycles. The minimum atomic E-state index is -0.530. The Labute approximate surface area is 327 Å². The van der Waals surface area contributed by atoms with Crippen molar-refractivity contribution in [3.63, 3.8) is 0 Å². The van der Waals surface area contributed by atoms with Crippen molar-refractivity contribution in [2.24, 2.45) is 0 Å². The first-order chi connectivity index (χ1) is 25.8. The highest BCUT2D eigenvalue weighted by molar-refractivity contribution is 5.81. The van der Waals surface area contributed by atoms with Gasteiger partial charge in [0, 0.05) is 17.7 Å². The van der Waals surface area contributed by atoms with E-state index < -0.39 is 6.10 Å². The van der Waals surface area contributed by atoms with Crippen molar-refractivity contribution in [2.75, 3.05) is 6.61 Å². The summed E-state index contributed by atoms with van der Waals surface area (Å²) in [5.74, 6) is 1.64. The van der Waals surface area contributed by atoms with Crippen molar-refractivity contribution in [3.8, 4) is 11.5 Å². The molecule has 1 unspecified atom stereocenters. The molecule has 53 heavy (non-hydrogen) atoms. The van der Waals surface area contributed by atoms with Crippen LogP contribution in [-0.4, -0.2) is 18.6 Å². The SMILES string of the molecule is CCCCCCCCCCCCCCCCC(Oc1ccc(OCCCCCCCCCCCC)c(C(C)(C)C)c1)C(=O)NCc1cccc[n+]1CC. The van der Waals surface area contributed by atoms with Crippen LogP contribution in [-0.2, 0) is 23.3 Å². The lowest BCUT2D eigenvalue weighted by Crippen LogP contribution is -2.43. The Morgan fingerprint density at radius 3 is 1.68 bits per heavy atom. The summed E-state index contributed by atoms with van der Waals surface area (Å²) in [5.41, 5.74) is 2.11. The van der Waals surface area contributed by atoms with Gasteiger partial charge in [-0.25, -0.2) is 4.57 Å². The van der Waals surface area contributed by atoms with Gasteiger partial charge in [-0.2, -0.15) is 0 Å². The number of unbranched alkanes of at least 4 members (excludes halogenated alkanes) is 22. The van der Waals surface area contributed by atoms with Crippen LogP contribution >= 0.6 is 0 Å². The zero-order valence-corrected chi connectivity index (χ0v) is 35.6. The molecule has 1 aromatic heterocycles. The average molecular weight is 736 g/mol. The van der Waals surface area contributed by atoms with E-state index in [9.17, 15) is 4.79 Å². The van der Waals surface area contributed by atoms with E-state index >= 15 is 0 Å². The molecule has 0 fully saturated rings. The van der Waals surface area contributed by atoms with Crippen LogP contribution in [0.15, 0.2) is 42.6 Å². The molecular formula is C48H83N2O3+. The monoisotopic (exact) mass is 736 g/mol. The Balaban J connectivity index is 1.89. The number of amides is 1. The molecule has 0 radical (unpaired) electrons. The maximum Gasteiger partial charge on any atom is 0.261 e. The molecule has 1 N–H and O–H groups in total. The van der Waals surface area contributed by atoms with Crippen LogP contribution in [0, 0.1) is 0 Å². The van der Waals surface area contributed by atoms with Crippen LogP contribution in [0.25, 0.3) is 0 Å². The summed E-state index contributed by atoms with van der Waals surface area (Å²) in [6, 6.07) is 12.3. The smallest absolute Gasteiger partial charge is 0.261 e. The lowest BCUT2D eigenvalue weighted by molar-refractivity contribution is -0.701. The first-order valence-corrected chi connectivity index (χ1v) is 22.5. The Kier molecular flexibility index (Phi) is 26.2. The number of hydrogen-bond acceptors (Lipinski definition) is 3. The normalized spacial score (nSPS) is 12.2. The molecule has 0 aliphatic carbocycles. The molecule has 5 nitrogen and oxygen atoms in total. The van der Waals surface area contributed by atoms with Crippen molar-refractivity contribution in [1.82, 2.24) is 5.32 Å². The summed E-state index contributed by atoms with van der Waals surface area (Å²) in [6.45, 7) is 15.5. The zero-order chi connectivity index (χ0) is 38.4. The predicted octanol–water partition coefficient (Wildman–Crippen LogP) is 13.5. The lowest BCUT2D eigenvalue weighted by Gasteiger charge is -2.25. The van der Waals surface area contributed by atoms with E-state index in [1.807, 2.05) is 18.2 Å². The number of nitrogens with zero attached hydrogens (tertiary/aromatic N) is 1. The number of rotatable bonds is 33. The molecule has 302 valence electrons. The third-order valence-corrected chi connectivity index (χ3v) is 10.7. The Bertz CT molecular complexity index is 1190. The molecule has 1 heterocycles. The number of nitrogens with one attached hydrogen (secondary N) is 1. The van der Waals surface area contributed by atoms with E-state index in [1.165, 1.54) is 135 Å². The summed E-state index contributed by atoms with van der Waals surface area (Å²) in [4.78, 5) is 13.7. The average Bonchev–Trinajstić information content (AvgIpc) is 3.15. The molecule has 0 spiro atoms. The summed E-state index contributed by atoms with van der Waals surface area (Å²) in [6.07, 6.45) is 33.9. The maximum absolute atomic E-state index is 13.7. The molecule has 0 saturated heterocycles. The standard InChI is InChI=1S/C48H82N2O3/c1-7-10-12-14-16-18-20-21-22-23-24-26-28-30-35-46(47(51)49-41-42-34-31-32-38-50(42)9-3)53-43-36-37-45(44(40-43)48(4,5)6)52-39-33-29-27-25-19-17-15-13-11-8-2/h31-32,34,36-38,40,46H,7-30,33,35,39,41H2,1-6H3/p+1. The number of pyridine rings is 1. The van der Waals surface area contributed by atoms with Crippen LogP contribution < -0.4 is 19.4 Å². The van der Waals surface area contributed by atoms with E-state index in [2.05, 4.69) is 75.8 Å². The van der Waals surface area contributed by atoms with Crippen LogP contribution in [0.2, 0.25) is 0 Å². The molecule has 1 atom stereocenters. The maximum atomic E-state index is 13.7. The molecule has 0 bridgehead atoms. The number of ether oxygens (including phenoxy) is 2. The summed E-state index contributed by atoms with van der Waals surface area (Å²) in [5, 5.41) is 3.20. The molecular weight excluding hydrogens is 653 g/mol. The van der Waals surface area contributed by atoms with Gasteiger partial charge in [0.2, 0.25) is 5.69 Å². The van der Waals surface area contributed by atoms with Gasteiger partial charge in [0.05, 0.1) is 6.61 Å². The Morgan fingerprint density at radius 1 is 0.660 bits per heavy atom. The van der Waals surface area contributed by atoms with Gasteiger partial charge in [-0.05, 0) is 49.8 Å². The van der Waals surface area contributed by atoms with Crippen molar-refractivity contribution in [2.45, 2.75) is 227 Å². The van der Waals surface area contributed by atoms with Crippen LogP contribution in [0.3, 0.4) is 0 Å². The van der Waals surface area contributed by atoms with Crippen molar-refractivity contribution in [1.29, 1.82) is 0 Å². The topological polar surface area (TPSA) is 51.4 Å². The van der Waals surface area contributed by atoms with Crippen LogP contribution in [0.1, 0.15) is 213 Å². The quantitative estimate of drug-likeness (QED) is 0.0586. The fraction of sp³-hybridized carbons (Fsp3) is 0.750. The second-order valence-corrected chi connectivity index (χ2v) is 16.6. The van der Waals surface area contributed by atoms with Crippen LogP contribution in [0.4, 0.5) is 0 Å². The van der Waals surface area contributed by atoms with Gasteiger partial charge in [-0.3, -0.25) is 4.79 Å². The van der Waals surface area contributed by atoms with Gasteiger partial charge in [-0.15, -0.1) is 0 Å². The fourth-order valence-electron chi connectivity index (χ4n) is 7.27. The van der Waals surface area contributed by atoms with E-state index in [1.54, 1.807) is 0 Å². The third kappa shape index (κ3) is 21.8. The minimum Gasteiger partial charge on any atom is -0.493 e. The first kappa shape index (κ1) is 46.6. The number of carbonyl (C=O) groups excluding carboxylic acids is 1. The number of benzene rings is 1. The van der Waals surface area contributed by atoms with E-state index in [-0.39, 0.29) is 11.3 Å². The molecule has 2 rings (SSSR count). The van der Waals surface area contributed by atoms with E-state index in [0.29, 0.717) is 13.0 Å². The molecule has 0 aliphatic rings. The molecule has 0 aliphatic heterocycles. The molecule has 5 heteroatoms. The lowest BCUT2D eigenvalue weighted by atomic mass is 9.86. The Morgan fingerprint density at radius 2 is 1.17 bits per heavy atom. The number of carbonyl (C=O) groups is 1. The first-order valence-electron chi connectivity index (χ1n) is 22.5. The molecule has 0 saturated carbocycles. The van der Waals surface area contributed by atoms with Gasteiger partial charge >= 0.3 is 0 Å². The second-order valence-electron chi connectivity index (χ2n) is 16.6. The predicted molar refractivity (Wildman–Crippen MR) is 226 cm³/mol.